The number of aryl methyl sites for hydroxylation is 1. The Balaban J connectivity index is 1.28. The molecule has 1 amide bonds. The molecule has 10 nitrogen and oxygen atoms in total. The quantitative estimate of drug-likeness (QED) is 0.245. The number of rotatable bonds is 7. The number of hydrogen-bond acceptors (Lipinski definition) is 6. The van der Waals surface area contributed by atoms with Crippen LogP contribution >= 0.6 is 0 Å². The molecule has 0 bridgehead atoms. The molecule has 0 aliphatic carbocycles. The molecule has 4 heterocycles. The maximum Gasteiger partial charge on any atom is 0.411 e. The molecule has 2 N–H and O–H groups in total. The van der Waals surface area contributed by atoms with E-state index in [0.29, 0.717) is 28.6 Å². The zero-order valence-corrected chi connectivity index (χ0v) is 24.9. The molecule has 0 spiro atoms. The summed E-state index contributed by atoms with van der Waals surface area (Å²) in [7, 11) is 1.53. The van der Waals surface area contributed by atoms with Gasteiger partial charge in [0.2, 0.25) is 0 Å². The fraction of sp³-hybridized carbons (Fsp3) is 0.250. The van der Waals surface area contributed by atoms with Crippen molar-refractivity contribution in [3.8, 4) is 11.1 Å². The predicted molar refractivity (Wildman–Crippen MR) is 160 cm³/mol. The Morgan fingerprint density at radius 1 is 1.06 bits per heavy atom. The standard InChI is InChI=1S/C32H25F6N5O5/c1-41-25-5-2-17(33)10-16(25)11-21(30(41)45)20-4-3-18(43-7-6-39-28(20)43)14-24(31(46)47)40-29(44)27-22(34)12-19(13-23(27)35)42-8-9-48-15-26(42)32(36,37)38/h2-7,10-13,24,26H,8-9,14-15H2,1H3,(H,40,44)(H,46,47). The van der Waals surface area contributed by atoms with E-state index in [1.807, 2.05) is 0 Å². The lowest BCUT2D eigenvalue weighted by atomic mass is 10.0. The largest absolute Gasteiger partial charge is 0.480 e. The lowest BCUT2D eigenvalue weighted by Crippen LogP contribution is -2.53. The van der Waals surface area contributed by atoms with Crippen LogP contribution < -0.4 is 15.8 Å². The number of aliphatic carboxylic acids is 1. The number of nitrogens with zero attached hydrogens (tertiary/aromatic N) is 4. The monoisotopic (exact) mass is 673 g/mol. The Kier molecular flexibility index (Phi) is 8.37. The summed E-state index contributed by atoms with van der Waals surface area (Å²) < 4.78 is 92.5. The lowest BCUT2D eigenvalue weighted by molar-refractivity contribution is -0.167. The number of morpholine rings is 1. The van der Waals surface area contributed by atoms with Crippen LogP contribution in [-0.4, -0.2) is 69.0 Å². The van der Waals surface area contributed by atoms with E-state index < -0.39 is 77.4 Å². The Hall–Kier alpha value is -5.38. The van der Waals surface area contributed by atoms with Gasteiger partial charge in [0.1, 0.15) is 40.7 Å². The first-order valence-electron chi connectivity index (χ1n) is 14.4. The zero-order valence-electron chi connectivity index (χ0n) is 24.9. The van der Waals surface area contributed by atoms with Gasteiger partial charge in [0.15, 0.2) is 0 Å². The Morgan fingerprint density at radius 2 is 1.79 bits per heavy atom. The molecule has 48 heavy (non-hydrogen) atoms. The molecule has 1 saturated heterocycles. The van der Waals surface area contributed by atoms with E-state index in [1.165, 1.54) is 64.8 Å². The third-order valence-electron chi connectivity index (χ3n) is 8.22. The summed E-state index contributed by atoms with van der Waals surface area (Å²) in [6.45, 7) is -1.19. The van der Waals surface area contributed by atoms with Crippen molar-refractivity contribution in [3.05, 3.63) is 100.0 Å². The van der Waals surface area contributed by atoms with E-state index >= 15 is 8.78 Å². The van der Waals surface area contributed by atoms with Gasteiger partial charge in [-0.2, -0.15) is 13.2 Å². The van der Waals surface area contributed by atoms with Crippen molar-refractivity contribution in [1.82, 2.24) is 19.3 Å². The number of amides is 1. The number of pyridine rings is 2. The number of halogens is 6. The molecule has 6 rings (SSSR count). The van der Waals surface area contributed by atoms with Gasteiger partial charge in [-0.3, -0.25) is 9.59 Å². The van der Waals surface area contributed by atoms with Gasteiger partial charge >= 0.3 is 12.1 Å². The van der Waals surface area contributed by atoms with Gasteiger partial charge in [-0.25, -0.2) is 22.9 Å². The minimum atomic E-state index is -4.76. The van der Waals surface area contributed by atoms with Gasteiger partial charge < -0.3 is 29.0 Å². The summed E-state index contributed by atoms with van der Waals surface area (Å²) >= 11 is 0. The summed E-state index contributed by atoms with van der Waals surface area (Å²) in [5, 5.41) is 12.4. The van der Waals surface area contributed by atoms with Crippen LogP contribution in [0.3, 0.4) is 0 Å². The van der Waals surface area contributed by atoms with Crippen LogP contribution in [0.1, 0.15) is 16.1 Å². The molecule has 2 aromatic carbocycles. The second-order valence-electron chi connectivity index (χ2n) is 11.2. The number of fused-ring (bicyclic) bond motifs is 2. The fourth-order valence-electron chi connectivity index (χ4n) is 5.86. The highest BCUT2D eigenvalue weighted by Crippen LogP contribution is 2.33. The first-order chi connectivity index (χ1) is 22.7. The summed E-state index contributed by atoms with van der Waals surface area (Å²) in [6, 6.07) is 5.76. The molecule has 1 aliphatic rings. The van der Waals surface area contributed by atoms with E-state index in [2.05, 4.69) is 10.3 Å². The molecule has 16 heteroatoms. The van der Waals surface area contributed by atoms with E-state index in [9.17, 15) is 37.1 Å². The van der Waals surface area contributed by atoms with Crippen molar-refractivity contribution in [2.75, 3.05) is 24.7 Å². The maximum absolute atomic E-state index is 15.1. The van der Waals surface area contributed by atoms with Crippen molar-refractivity contribution >= 4 is 34.1 Å². The topological polar surface area (TPSA) is 118 Å². The maximum atomic E-state index is 15.1. The van der Waals surface area contributed by atoms with Gasteiger partial charge in [0, 0.05) is 54.7 Å². The molecule has 250 valence electrons. The minimum Gasteiger partial charge on any atom is -0.480 e. The average Bonchev–Trinajstić information content (AvgIpc) is 3.52. The number of benzene rings is 2. The third-order valence-corrected chi connectivity index (χ3v) is 8.22. The van der Waals surface area contributed by atoms with Gasteiger partial charge in [-0.1, -0.05) is 0 Å². The smallest absolute Gasteiger partial charge is 0.411 e. The second-order valence-corrected chi connectivity index (χ2v) is 11.2. The summed E-state index contributed by atoms with van der Waals surface area (Å²) in [5.41, 5.74) is -0.480. The molecule has 5 aromatic rings. The number of aromatic nitrogens is 3. The Bertz CT molecular complexity index is 2120. The number of anilines is 1. The van der Waals surface area contributed by atoms with E-state index in [4.69, 9.17) is 4.74 Å². The van der Waals surface area contributed by atoms with Crippen LogP contribution in [-0.2, 0) is 23.0 Å². The van der Waals surface area contributed by atoms with Crippen LogP contribution in [0.5, 0.6) is 0 Å². The molecular formula is C32H25F6N5O5. The number of carbonyl (C=O) groups excluding carboxylic acids is 1. The van der Waals surface area contributed by atoms with Gasteiger partial charge in [-0.05, 0) is 48.5 Å². The highest BCUT2D eigenvalue weighted by Gasteiger charge is 2.46. The van der Waals surface area contributed by atoms with Crippen LogP contribution in [0.4, 0.5) is 32.0 Å². The van der Waals surface area contributed by atoms with E-state index in [-0.39, 0.29) is 30.1 Å². The fourth-order valence-corrected chi connectivity index (χ4v) is 5.86. The Morgan fingerprint density at radius 3 is 2.48 bits per heavy atom. The number of carboxylic acids is 1. The normalized spacial score (nSPS) is 16.0. The second kappa shape index (κ2) is 12.3. The third kappa shape index (κ3) is 5.94. The van der Waals surface area contributed by atoms with E-state index in [1.54, 1.807) is 0 Å². The SMILES string of the molecule is Cn1c(=O)c(-c2ccc(CC(NC(=O)c3c(F)cc(N4CCOCC4C(F)(F)F)cc3F)C(=O)O)n3ccnc23)cc2cc(F)ccc21. The van der Waals surface area contributed by atoms with Crippen molar-refractivity contribution in [1.29, 1.82) is 0 Å². The number of ether oxygens (including phenoxy) is 1. The summed E-state index contributed by atoms with van der Waals surface area (Å²) in [5.74, 6) is -6.47. The summed E-state index contributed by atoms with van der Waals surface area (Å²) in [4.78, 5) is 43.5. The summed E-state index contributed by atoms with van der Waals surface area (Å²) in [6.07, 6.45) is -2.29. The number of nitrogens with one attached hydrogen (secondary N) is 1. The molecule has 0 saturated carbocycles. The number of carbonyl (C=O) groups is 2. The number of hydrogen-bond donors (Lipinski definition) is 2. The number of imidazole rings is 1. The zero-order chi connectivity index (χ0) is 34.5. The molecule has 1 fully saturated rings. The van der Waals surface area contributed by atoms with Crippen molar-refractivity contribution in [2.24, 2.45) is 7.05 Å². The highest BCUT2D eigenvalue weighted by molar-refractivity contribution is 5.97. The van der Waals surface area contributed by atoms with Crippen molar-refractivity contribution in [2.45, 2.75) is 24.7 Å². The van der Waals surface area contributed by atoms with Crippen molar-refractivity contribution in [3.63, 3.8) is 0 Å². The average molecular weight is 674 g/mol. The molecule has 0 radical (unpaired) electrons. The molecule has 3 aromatic heterocycles. The number of alkyl halides is 3. The molecular weight excluding hydrogens is 648 g/mol. The van der Waals surface area contributed by atoms with Crippen molar-refractivity contribution < 1.29 is 45.8 Å². The van der Waals surface area contributed by atoms with E-state index in [0.717, 1.165) is 4.90 Å². The number of carboxylic acid groups (broad SMARTS) is 1. The first kappa shape index (κ1) is 32.6. The van der Waals surface area contributed by atoms with Crippen LogP contribution in [0, 0.1) is 17.5 Å². The lowest BCUT2D eigenvalue weighted by Gasteiger charge is -2.38. The van der Waals surface area contributed by atoms with Gasteiger partial charge in [0.25, 0.3) is 11.5 Å². The molecule has 2 atom stereocenters. The Labute approximate surface area is 266 Å². The molecule has 2 unspecified atom stereocenters. The van der Waals surface area contributed by atoms with Gasteiger partial charge in [-0.15, -0.1) is 0 Å². The van der Waals surface area contributed by atoms with Gasteiger partial charge in [0.05, 0.1) is 24.3 Å². The highest BCUT2D eigenvalue weighted by atomic mass is 19.4. The van der Waals surface area contributed by atoms with Crippen LogP contribution in [0.15, 0.2) is 65.7 Å². The molecule has 1 aliphatic heterocycles. The van der Waals surface area contributed by atoms with Crippen LogP contribution in [0.25, 0.3) is 27.7 Å². The minimum absolute atomic E-state index is 0.123. The van der Waals surface area contributed by atoms with Crippen LogP contribution in [0.2, 0.25) is 0 Å². The predicted octanol–water partition coefficient (Wildman–Crippen LogP) is 4.46. The first-order valence-corrected chi connectivity index (χ1v) is 14.4.